The maximum Gasteiger partial charge on any atom is 0.240 e. The maximum atomic E-state index is 13.0. The number of carbonyl (C=O) groups is 1. The highest BCUT2D eigenvalue weighted by molar-refractivity contribution is 7.89. The topological polar surface area (TPSA) is 88.2 Å². The van der Waals surface area contributed by atoms with Gasteiger partial charge in [0.15, 0.2) is 0 Å². The van der Waals surface area contributed by atoms with Crippen LogP contribution in [0, 0.1) is 0 Å². The van der Waals surface area contributed by atoms with Crippen molar-refractivity contribution in [2.24, 2.45) is 0 Å². The molecule has 0 saturated heterocycles. The van der Waals surface area contributed by atoms with Crippen LogP contribution in [0.1, 0.15) is 19.8 Å². The lowest BCUT2D eigenvalue weighted by Gasteiger charge is -2.16. The quantitative estimate of drug-likeness (QED) is 0.596. The molecule has 156 valence electrons. The lowest BCUT2D eigenvalue weighted by Crippen LogP contribution is -2.28. The van der Waals surface area contributed by atoms with E-state index in [0.717, 1.165) is 24.0 Å². The fourth-order valence-corrected chi connectivity index (χ4v) is 4.22. The van der Waals surface area contributed by atoms with Crippen LogP contribution in [0.2, 0.25) is 5.02 Å². The van der Waals surface area contributed by atoms with E-state index in [4.69, 9.17) is 11.6 Å². The fourth-order valence-electron chi connectivity index (χ4n) is 3.36. The SMILES string of the molecule is CNS(=O)(=O)c1ccc(-c2cccc(NC(=O)C3(c4ccc(Cl)cc4)CC3)n2)cc1.[HH]. The summed E-state index contributed by atoms with van der Waals surface area (Å²) < 4.78 is 26.0. The second kappa shape index (κ2) is 7.83. The number of benzene rings is 2. The first-order chi connectivity index (χ1) is 14.3. The minimum absolute atomic E-state index is 0. The molecule has 2 aromatic carbocycles. The molecule has 0 unspecified atom stereocenters. The van der Waals surface area contributed by atoms with E-state index in [1.54, 1.807) is 36.4 Å². The highest BCUT2D eigenvalue weighted by Gasteiger charge is 2.51. The van der Waals surface area contributed by atoms with Crippen molar-refractivity contribution < 1.29 is 14.6 Å². The Kier molecular flexibility index (Phi) is 5.36. The molecule has 4 rings (SSSR count). The highest BCUT2D eigenvalue weighted by atomic mass is 35.5. The van der Waals surface area contributed by atoms with Gasteiger partial charge in [0.25, 0.3) is 0 Å². The van der Waals surface area contributed by atoms with Crippen LogP contribution in [0.15, 0.2) is 71.6 Å². The molecule has 0 atom stereocenters. The van der Waals surface area contributed by atoms with Crippen LogP contribution in [0.4, 0.5) is 5.82 Å². The van der Waals surface area contributed by atoms with Gasteiger partial charge in [-0.25, -0.2) is 18.1 Å². The molecule has 1 aliphatic carbocycles. The van der Waals surface area contributed by atoms with Gasteiger partial charge < -0.3 is 5.32 Å². The number of nitrogens with one attached hydrogen (secondary N) is 2. The number of aromatic nitrogens is 1. The third kappa shape index (κ3) is 3.96. The molecule has 1 heterocycles. The lowest BCUT2D eigenvalue weighted by molar-refractivity contribution is -0.118. The number of carbonyl (C=O) groups excluding carboxylic acids is 1. The van der Waals surface area contributed by atoms with Crippen LogP contribution in [0.5, 0.6) is 0 Å². The van der Waals surface area contributed by atoms with E-state index in [2.05, 4.69) is 15.0 Å². The molecule has 3 aromatic rings. The highest BCUT2D eigenvalue weighted by Crippen LogP contribution is 2.49. The van der Waals surface area contributed by atoms with Crippen molar-refractivity contribution in [1.82, 2.24) is 9.71 Å². The summed E-state index contributed by atoms with van der Waals surface area (Å²) in [5.74, 6) is 0.356. The van der Waals surface area contributed by atoms with Gasteiger partial charge in [0.2, 0.25) is 15.9 Å². The van der Waals surface area contributed by atoms with Gasteiger partial charge in [0.1, 0.15) is 5.82 Å². The second-order valence-electron chi connectivity index (χ2n) is 7.18. The van der Waals surface area contributed by atoms with E-state index in [9.17, 15) is 13.2 Å². The summed E-state index contributed by atoms with van der Waals surface area (Å²) in [6.07, 6.45) is 1.56. The lowest BCUT2D eigenvalue weighted by atomic mass is 9.95. The predicted octanol–water partition coefficient (Wildman–Crippen LogP) is 4.23. The average Bonchev–Trinajstić information content (AvgIpc) is 3.57. The summed E-state index contributed by atoms with van der Waals surface area (Å²) in [5.41, 5.74) is 1.80. The monoisotopic (exact) mass is 443 g/mol. The second-order valence-corrected chi connectivity index (χ2v) is 9.51. The molecule has 1 aliphatic rings. The predicted molar refractivity (Wildman–Crippen MR) is 119 cm³/mol. The largest absolute Gasteiger partial charge is 0.310 e. The first-order valence-corrected chi connectivity index (χ1v) is 11.3. The zero-order valence-corrected chi connectivity index (χ0v) is 17.8. The summed E-state index contributed by atoms with van der Waals surface area (Å²) in [5, 5.41) is 3.56. The van der Waals surface area contributed by atoms with Gasteiger partial charge in [0, 0.05) is 12.0 Å². The molecule has 8 heteroatoms. The fraction of sp³-hybridized carbons (Fsp3) is 0.182. The Morgan fingerprint density at radius 2 is 1.70 bits per heavy atom. The molecule has 1 aromatic heterocycles. The van der Waals surface area contributed by atoms with Crippen LogP contribution < -0.4 is 10.0 Å². The standard InChI is InChI=1S/C22H20ClN3O3S.H2/c1-24-30(28,29)18-11-5-15(6-12-18)19-3-2-4-20(25-19)26-21(27)22(13-14-22)16-7-9-17(23)10-8-16;/h2-12,24H,13-14H2,1H3,(H,25,26,27);1H. The molecular formula is C22H22ClN3O3S. The third-order valence-electron chi connectivity index (χ3n) is 5.30. The first kappa shape index (κ1) is 20.5. The van der Waals surface area contributed by atoms with Gasteiger partial charge in [-0.2, -0.15) is 0 Å². The van der Waals surface area contributed by atoms with E-state index in [1.165, 1.54) is 19.2 Å². The zero-order valence-electron chi connectivity index (χ0n) is 16.2. The van der Waals surface area contributed by atoms with E-state index in [0.29, 0.717) is 16.5 Å². The van der Waals surface area contributed by atoms with Crippen molar-refractivity contribution in [1.29, 1.82) is 0 Å². The summed E-state index contributed by atoms with van der Waals surface area (Å²) in [4.78, 5) is 17.7. The molecule has 1 fully saturated rings. The van der Waals surface area contributed by atoms with E-state index < -0.39 is 15.4 Å². The molecule has 0 radical (unpaired) electrons. The number of rotatable bonds is 6. The maximum absolute atomic E-state index is 13.0. The molecule has 30 heavy (non-hydrogen) atoms. The molecule has 0 bridgehead atoms. The van der Waals surface area contributed by atoms with Crippen molar-refractivity contribution in [3.63, 3.8) is 0 Å². The Balaban J connectivity index is 0.00000272. The molecule has 6 nitrogen and oxygen atoms in total. The van der Waals surface area contributed by atoms with Crippen LogP contribution in [-0.4, -0.2) is 26.4 Å². The van der Waals surface area contributed by atoms with Crippen molar-refractivity contribution >= 4 is 33.3 Å². The number of nitrogens with zero attached hydrogens (tertiary/aromatic N) is 1. The molecule has 1 saturated carbocycles. The Morgan fingerprint density at radius 3 is 2.30 bits per heavy atom. The summed E-state index contributed by atoms with van der Waals surface area (Å²) in [6.45, 7) is 0. The van der Waals surface area contributed by atoms with Gasteiger partial charge in [0.05, 0.1) is 16.0 Å². The Labute approximate surface area is 181 Å². The van der Waals surface area contributed by atoms with Gasteiger partial charge in [-0.1, -0.05) is 41.9 Å². The summed E-state index contributed by atoms with van der Waals surface area (Å²) in [6, 6.07) is 19.1. The number of pyridine rings is 1. The molecular weight excluding hydrogens is 422 g/mol. The number of hydrogen-bond acceptors (Lipinski definition) is 4. The van der Waals surface area contributed by atoms with Crippen molar-refractivity contribution in [2.45, 2.75) is 23.2 Å². The molecule has 0 aliphatic heterocycles. The van der Waals surface area contributed by atoms with Gasteiger partial charge in [-0.3, -0.25) is 4.79 Å². The molecule has 2 N–H and O–H groups in total. The average molecular weight is 444 g/mol. The zero-order chi connectivity index (χ0) is 21.4. The smallest absolute Gasteiger partial charge is 0.240 e. The Bertz CT molecular complexity index is 1200. The number of anilines is 1. The number of sulfonamides is 1. The third-order valence-corrected chi connectivity index (χ3v) is 6.98. The van der Waals surface area contributed by atoms with Crippen LogP contribution >= 0.6 is 11.6 Å². The van der Waals surface area contributed by atoms with E-state index in [-0.39, 0.29) is 12.2 Å². The van der Waals surface area contributed by atoms with Gasteiger partial charge >= 0.3 is 0 Å². The Morgan fingerprint density at radius 1 is 1.03 bits per heavy atom. The van der Waals surface area contributed by atoms with Crippen LogP contribution in [0.25, 0.3) is 11.3 Å². The first-order valence-electron chi connectivity index (χ1n) is 9.43. The number of halogens is 1. The molecule has 1 amide bonds. The number of amides is 1. The van der Waals surface area contributed by atoms with Crippen LogP contribution in [0.3, 0.4) is 0 Å². The van der Waals surface area contributed by atoms with Gasteiger partial charge in [-0.15, -0.1) is 0 Å². The Hall–Kier alpha value is -2.74. The van der Waals surface area contributed by atoms with Crippen LogP contribution in [-0.2, 0) is 20.2 Å². The van der Waals surface area contributed by atoms with Crippen molar-refractivity contribution in [3.05, 3.63) is 77.3 Å². The summed E-state index contributed by atoms with van der Waals surface area (Å²) in [7, 11) is -2.13. The summed E-state index contributed by atoms with van der Waals surface area (Å²) >= 11 is 5.96. The number of hydrogen-bond donors (Lipinski definition) is 2. The van der Waals surface area contributed by atoms with E-state index in [1.807, 2.05) is 18.2 Å². The molecule has 0 spiro atoms. The van der Waals surface area contributed by atoms with Crippen molar-refractivity contribution in [3.8, 4) is 11.3 Å². The minimum Gasteiger partial charge on any atom is -0.310 e. The normalized spacial score (nSPS) is 14.9. The van der Waals surface area contributed by atoms with Gasteiger partial charge in [-0.05, 0) is 61.9 Å². The van der Waals surface area contributed by atoms with Crippen molar-refractivity contribution in [2.75, 3.05) is 12.4 Å². The minimum atomic E-state index is -3.50. The van der Waals surface area contributed by atoms with E-state index >= 15 is 0 Å².